The Kier molecular flexibility index (Phi) is 79.2. The third kappa shape index (κ3) is 81.9. The van der Waals surface area contributed by atoms with Gasteiger partial charge in [-0.05, 0) is 31.6 Å². The molecule has 0 amide bonds. The molecule has 0 heterocycles. The van der Waals surface area contributed by atoms with Crippen molar-refractivity contribution in [3.05, 3.63) is 0 Å². The van der Waals surface area contributed by atoms with E-state index in [2.05, 4.69) is 34.6 Å². The molecule has 5 atom stereocenters. The maximum atomic E-state index is 13.1. The van der Waals surface area contributed by atoms with Crippen LogP contribution < -0.4 is 0 Å². The number of hydrogen-bond acceptors (Lipinski definition) is 15. The lowest BCUT2D eigenvalue weighted by molar-refractivity contribution is -0.161. The fourth-order valence-corrected chi connectivity index (χ4v) is 15.4. The van der Waals surface area contributed by atoms with Crippen molar-refractivity contribution < 1.29 is 80.2 Å². The van der Waals surface area contributed by atoms with Crippen LogP contribution in [0.3, 0.4) is 0 Å². The molecule has 0 aliphatic rings. The highest BCUT2D eigenvalue weighted by Crippen LogP contribution is 2.45. The minimum absolute atomic E-state index is 0.109. The number of rotatable bonds is 88. The lowest BCUT2D eigenvalue weighted by Crippen LogP contribution is -2.30. The van der Waals surface area contributed by atoms with Crippen LogP contribution in [0, 0.1) is 5.92 Å². The first-order chi connectivity index (χ1) is 52.0. The van der Waals surface area contributed by atoms with E-state index in [1.807, 2.05) is 0 Å². The van der Waals surface area contributed by atoms with Gasteiger partial charge in [0.05, 0.1) is 26.4 Å². The molecule has 2 unspecified atom stereocenters. The summed E-state index contributed by atoms with van der Waals surface area (Å²) in [6.45, 7) is 7.37. The molecule has 19 heteroatoms. The lowest BCUT2D eigenvalue weighted by Gasteiger charge is -2.21. The zero-order valence-electron chi connectivity index (χ0n) is 70.3. The van der Waals surface area contributed by atoms with E-state index >= 15 is 0 Å². The van der Waals surface area contributed by atoms with Crippen molar-refractivity contribution >= 4 is 39.5 Å². The molecule has 0 saturated carbocycles. The SMILES string of the molecule is CCCCCCCCCCCCCCCCCCCCCCCC(=O)OC[C@H](COP(=O)(O)OC[C@@H](O)COP(=O)(O)OC[C@@H](COC(=O)CCCCCCCCC)OC(=O)CCCCCCCCCCCCCCCCCCCC)OC(=O)CCCCCCCCCCCCCCCCCCCCC(C)C. The average Bonchev–Trinajstić information content (AvgIpc) is 0.905. The predicted molar refractivity (Wildman–Crippen MR) is 442 cm³/mol. The van der Waals surface area contributed by atoms with Gasteiger partial charge < -0.3 is 33.8 Å². The summed E-state index contributed by atoms with van der Waals surface area (Å²) >= 11 is 0. The topological polar surface area (TPSA) is 237 Å². The first kappa shape index (κ1) is 105. The molecule has 0 saturated heterocycles. The molecule has 0 aromatic carbocycles. The van der Waals surface area contributed by atoms with Gasteiger partial charge in [-0.25, -0.2) is 9.13 Å². The Morgan fingerprint density at radius 3 is 0.636 bits per heavy atom. The molecule has 107 heavy (non-hydrogen) atoms. The van der Waals surface area contributed by atoms with Crippen LogP contribution in [-0.4, -0.2) is 96.7 Å². The minimum atomic E-state index is -4.97. The third-order valence-corrected chi connectivity index (χ3v) is 22.7. The van der Waals surface area contributed by atoms with Crippen LogP contribution in [-0.2, 0) is 65.4 Å². The molecular formula is C88H172O17P2. The number of phosphoric ester groups is 2. The van der Waals surface area contributed by atoms with E-state index in [1.165, 1.54) is 289 Å². The first-order valence-corrected chi connectivity index (χ1v) is 48.6. The van der Waals surface area contributed by atoms with Crippen molar-refractivity contribution in [1.29, 1.82) is 0 Å². The quantitative estimate of drug-likeness (QED) is 0.0222. The van der Waals surface area contributed by atoms with E-state index in [0.717, 1.165) is 109 Å². The van der Waals surface area contributed by atoms with E-state index in [4.69, 9.17) is 37.0 Å². The van der Waals surface area contributed by atoms with Crippen LogP contribution in [0.25, 0.3) is 0 Å². The normalized spacial score (nSPS) is 13.7. The second-order valence-electron chi connectivity index (χ2n) is 32.1. The molecule has 0 aromatic rings. The standard InChI is InChI=1S/C88H172O17P2/c1-6-9-12-15-18-20-22-24-26-28-30-31-32-37-40-44-48-52-57-62-67-72-86(91)99-78-84(105-88(93)74-69-64-59-54-50-46-42-38-34-33-35-39-43-47-51-56-60-65-70-81(4)5)80-103-107(96,97)101-76-82(89)75-100-106(94,95)102-79-83(77-98-85(90)71-66-61-55-17-14-11-8-3)104-87(92)73-68-63-58-53-49-45-41-36-29-27-25-23-21-19-16-13-10-7-2/h81-84,89H,6-80H2,1-5H3,(H,94,95)(H,96,97)/t82-,83+,84+/m0/s1. The molecule has 0 radical (unpaired) electrons. The summed E-state index contributed by atoms with van der Waals surface area (Å²) in [5.74, 6) is -1.28. The van der Waals surface area contributed by atoms with Crippen molar-refractivity contribution in [2.24, 2.45) is 5.92 Å². The molecule has 3 N–H and O–H groups in total. The molecule has 0 rings (SSSR count). The zero-order chi connectivity index (χ0) is 78.3. The lowest BCUT2D eigenvalue weighted by atomic mass is 10.0. The van der Waals surface area contributed by atoms with Crippen molar-refractivity contribution in [2.75, 3.05) is 39.6 Å². The monoisotopic (exact) mass is 1560 g/mol. The maximum Gasteiger partial charge on any atom is 0.472 e. The van der Waals surface area contributed by atoms with Gasteiger partial charge in [-0.1, -0.05) is 426 Å². The summed E-state index contributed by atoms with van der Waals surface area (Å²) in [7, 11) is -9.92. The molecule has 0 spiro atoms. The van der Waals surface area contributed by atoms with Gasteiger partial charge in [-0.3, -0.25) is 37.3 Å². The van der Waals surface area contributed by atoms with Gasteiger partial charge in [0.25, 0.3) is 0 Å². The van der Waals surface area contributed by atoms with Crippen LogP contribution in [0.2, 0.25) is 0 Å². The molecular weight excluding hydrogens is 1390 g/mol. The van der Waals surface area contributed by atoms with Crippen LogP contribution in [0.4, 0.5) is 0 Å². The highest BCUT2D eigenvalue weighted by Gasteiger charge is 2.30. The van der Waals surface area contributed by atoms with Crippen molar-refractivity contribution in [1.82, 2.24) is 0 Å². The maximum absolute atomic E-state index is 13.1. The Labute approximate surface area is 658 Å². The van der Waals surface area contributed by atoms with Gasteiger partial charge in [0, 0.05) is 25.7 Å². The molecule has 0 aliphatic heterocycles. The average molecular weight is 1560 g/mol. The number of hydrogen-bond donors (Lipinski definition) is 3. The van der Waals surface area contributed by atoms with Crippen LogP contribution in [0.15, 0.2) is 0 Å². The first-order valence-electron chi connectivity index (χ1n) is 45.6. The van der Waals surface area contributed by atoms with Crippen molar-refractivity contribution in [3.63, 3.8) is 0 Å². The van der Waals surface area contributed by atoms with E-state index in [-0.39, 0.29) is 25.7 Å². The summed E-state index contributed by atoms with van der Waals surface area (Å²) < 4.78 is 68.8. The highest BCUT2D eigenvalue weighted by atomic mass is 31.2. The minimum Gasteiger partial charge on any atom is -0.462 e. The highest BCUT2D eigenvalue weighted by molar-refractivity contribution is 7.47. The van der Waals surface area contributed by atoms with Gasteiger partial charge in [0.1, 0.15) is 19.3 Å². The Balaban J connectivity index is 5.15. The second kappa shape index (κ2) is 80.7. The van der Waals surface area contributed by atoms with Crippen molar-refractivity contribution in [3.8, 4) is 0 Å². The predicted octanol–water partition coefficient (Wildman–Crippen LogP) is 27.2. The summed E-state index contributed by atoms with van der Waals surface area (Å²) in [5.41, 5.74) is 0. The molecule has 0 aliphatic carbocycles. The fourth-order valence-electron chi connectivity index (χ4n) is 13.8. The molecule has 0 aromatic heterocycles. The van der Waals surface area contributed by atoms with E-state index in [9.17, 15) is 43.2 Å². The number of phosphoric acid groups is 2. The summed E-state index contributed by atoms with van der Waals surface area (Å²) in [6.07, 6.45) is 75.3. The Hall–Kier alpha value is -1.94. The van der Waals surface area contributed by atoms with Gasteiger partial charge in [-0.2, -0.15) is 0 Å². The van der Waals surface area contributed by atoms with E-state index in [1.54, 1.807) is 0 Å². The zero-order valence-corrected chi connectivity index (χ0v) is 72.1. The van der Waals surface area contributed by atoms with E-state index < -0.39 is 97.5 Å². The summed E-state index contributed by atoms with van der Waals surface area (Å²) in [4.78, 5) is 73.1. The number of unbranched alkanes of at least 4 members (excludes halogenated alkanes) is 60. The van der Waals surface area contributed by atoms with E-state index in [0.29, 0.717) is 25.7 Å². The summed E-state index contributed by atoms with van der Waals surface area (Å²) in [6, 6.07) is 0. The van der Waals surface area contributed by atoms with Crippen molar-refractivity contribution in [2.45, 2.75) is 496 Å². The van der Waals surface area contributed by atoms with Crippen LogP contribution >= 0.6 is 15.6 Å². The summed E-state index contributed by atoms with van der Waals surface area (Å²) in [5, 5.41) is 10.7. The van der Waals surface area contributed by atoms with Gasteiger partial charge >= 0.3 is 39.5 Å². The second-order valence-corrected chi connectivity index (χ2v) is 35.0. The van der Waals surface area contributed by atoms with Gasteiger partial charge in [-0.15, -0.1) is 0 Å². The Bertz CT molecular complexity index is 2030. The fraction of sp³-hybridized carbons (Fsp3) is 0.955. The number of aliphatic hydroxyl groups excluding tert-OH is 1. The van der Waals surface area contributed by atoms with Gasteiger partial charge in [0.2, 0.25) is 0 Å². The third-order valence-electron chi connectivity index (χ3n) is 20.8. The number of esters is 4. The largest absolute Gasteiger partial charge is 0.472 e. The molecule has 636 valence electrons. The smallest absolute Gasteiger partial charge is 0.462 e. The number of carbonyl (C=O) groups is 4. The molecule has 17 nitrogen and oxygen atoms in total. The molecule has 0 bridgehead atoms. The van der Waals surface area contributed by atoms with Crippen LogP contribution in [0.5, 0.6) is 0 Å². The molecule has 0 fully saturated rings. The number of ether oxygens (including phenoxy) is 4. The Morgan fingerprint density at radius 1 is 0.252 bits per heavy atom. The number of carbonyl (C=O) groups excluding carboxylic acids is 4. The van der Waals surface area contributed by atoms with Gasteiger partial charge in [0.15, 0.2) is 12.2 Å². The number of aliphatic hydroxyl groups is 1. The Morgan fingerprint density at radius 2 is 0.430 bits per heavy atom. The van der Waals surface area contributed by atoms with Crippen LogP contribution in [0.1, 0.15) is 478 Å².